The van der Waals surface area contributed by atoms with Crippen molar-refractivity contribution in [3.8, 4) is 5.75 Å². The Balaban J connectivity index is 2.34. The molecule has 6 nitrogen and oxygen atoms in total. The molecule has 0 saturated carbocycles. The molecule has 0 radical (unpaired) electrons. The molecule has 0 unspecified atom stereocenters. The fourth-order valence-electron chi connectivity index (χ4n) is 1.70. The zero-order valence-corrected chi connectivity index (χ0v) is 11.1. The van der Waals surface area contributed by atoms with Gasteiger partial charge in [-0.3, -0.25) is 9.59 Å². The third-order valence-corrected chi connectivity index (χ3v) is 2.74. The molecule has 2 amide bonds. The normalized spacial score (nSPS) is 10.0. The van der Waals surface area contributed by atoms with Gasteiger partial charge in [0.05, 0.1) is 18.4 Å². The van der Waals surface area contributed by atoms with Crippen molar-refractivity contribution >= 4 is 17.5 Å². The zero-order valence-electron chi connectivity index (χ0n) is 11.1. The highest BCUT2D eigenvalue weighted by Gasteiger charge is 2.15. The standard InChI is InChI=1S/C14H12FN3O3/c1-21-11-5-4-8(13(16)19)7-10(11)18-14(20)9-3-2-6-17-12(9)15/h2-7H,1H3,(H2,16,19)(H,18,20). The van der Waals surface area contributed by atoms with Gasteiger partial charge in [-0.1, -0.05) is 0 Å². The van der Waals surface area contributed by atoms with Crippen LogP contribution in [0.3, 0.4) is 0 Å². The van der Waals surface area contributed by atoms with E-state index in [1.165, 1.54) is 43.6 Å². The molecule has 0 atom stereocenters. The van der Waals surface area contributed by atoms with Crippen LogP contribution in [0.5, 0.6) is 5.75 Å². The second-order valence-corrected chi connectivity index (χ2v) is 4.08. The Morgan fingerprint density at radius 3 is 2.71 bits per heavy atom. The quantitative estimate of drug-likeness (QED) is 0.835. The van der Waals surface area contributed by atoms with Gasteiger partial charge in [-0.2, -0.15) is 4.39 Å². The Morgan fingerprint density at radius 2 is 2.10 bits per heavy atom. The molecule has 108 valence electrons. The van der Waals surface area contributed by atoms with Crippen molar-refractivity contribution in [3.63, 3.8) is 0 Å². The molecular formula is C14H12FN3O3. The summed E-state index contributed by atoms with van der Waals surface area (Å²) in [6.45, 7) is 0. The van der Waals surface area contributed by atoms with Gasteiger partial charge in [-0.25, -0.2) is 4.98 Å². The van der Waals surface area contributed by atoms with Crippen molar-refractivity contribution in [1.82, 2.24) is 4.98 Å². The lowest BCUT2D eigenvalue weighted by atomic mass is 10.1. The third kappa shape index (κ3) is 3.14. The van der Waals surface area contributed by atoms with E-state index >= 15 is 0 Å². The highest BCUT2D eigenvalue weighted by atomic mass is 19.1. The Labute approximate surface area is 119 Å². The van der Waals surface area contributed by atoms with Crippen LogP contribution < -0.4 is 15.8 Å². The number of ether oxygens (including phenoxy) is 1. The molecular weight excluding hydrogens is 277 g/mol. The van der Waals surface area contributed by atoms with Gasteiger partial charge in [0.25, 0.3) is 5.91 Å². The van der Waals surface area contributed by atoms with E-state index in [1.807, 2.05) is 0 Å². The van der Waals surface area contributed by atoms with E-state index in [1.54, 1.807) is 0 Å². The molecule has 2 rings (SSSR count). The number of hydrogen-bond donors (Lipinski definition) is 2. The van der Waals surface area contributed by atoms with E-state index in [0.29, 0.717) is 5.75 Å². The number of nitrogens with one attached hydrogen (secondary N) is 1. The number of pyridine rings is 1. The van der Waals surface area contributed by atoms with Gasteiger partial charge in [-0.15, -0.1) is 0 Å². The number of anilines is 1. The number of aromatic nitrogens is 1. The smallest absolute Gasteiger partial charge is 0.260 e. The summed E-state index contributed by atoms with van der Waals surface area (Å²) in [6, 6.07) is 7.03. The predicted octanol–water partition coefficient (Wildman–Crippen LogP) is 1.58. The summed E-state index contributed by atoms with van der Waals surface area (Å²) in [5.41, 5.74) is 5.36. The summed E-state index contributed by atoms with van der Waals surface area (Å²) >= 11 is 0. The number of carbonyl (C=O) groups is 2. The number of nitrogens with zero attached hydrogens (tertiary/aromatic N) is 1. The monoisotopic (exact) mass is 289 g/mol. The summed E-state index contributed by atoms with van der Waals surface area (Å²) in [7, 11) is 1.40. The lowest BCUT2D eigenvalue weighted by Crippen LogP contribution is -2.16. The SMILES string of the molecule is COc1ccc(C(N)=O)cc1NC(=O)c1cccnc1F. The van der Waals surface area contributed by atoms with E-state index in [-0.39, 0.29) is 16.8 Å². The molecule has 0 spiro atoms. The van der Waals surface area contributed by atoms with Crippen LogP contribution >= 0.6 is 0 Å². The summed E-state index contributed by atoms with van der Waals surface area (Å²) < 4.78 is 18.5. The molecule has 1 heterocycles. The van der Waals surface area contributed by atoms with Gasteiger partial charge in [0.2, 0.25) is 11.9 Å². The van der Waals surface area contributed by atoms with Crippen LogP contribution in [0, 0.1) is 5.95 Å². The minimum atomic E-state index is -0.889. The van der Waals surface area contributed by atoms with Crippen molar-refractivity contribution in [1.29, 1.82) is 0 Å². The topological polar surface area (TPSA) is 94.3 Å². The third-order valence-electron chi connectivity index (χ3n) is 2.74. The largest absolute Gasteiger partial charge is 0.495 e. The molecule has 0 fully saturated rings. The molecule has 0 saturated heterocycles. The average molecular weight is 289 g/mol. The maximum Gasteiger partial charge on any atom is 0.260 e. The van der Waals surface area contributed by atoms with Crippen molar-refractivity contribution in [2.24, 2.45) is 5.73 Å². The molecule has 2 aromatic rings. The van der Waals surface area contributed by atoms with Gasteiger partial charge in [0.1, 0.15) is 5.75 Å². The van der Waals surface area contributed by atoms with Crippen LogP contribution in [0.25, 0.3) is 0 Å². The molecule has 1 aromatic carbocycles. The maximum atomic E-state index is 13.5. The Morgan fingerprint density at radius 1 is 1.33 bits per heavy atom. The molecule has 0 aliphatic rings. The van der Waals surface area contributed by atoms with Gasteiger partial charge in [-0.05, 0) is 30.3 Å². The summed E-state index contributed by atoms with van der Waals surface area (Å²) in [4.78, 5) is 26.6. The molecule has 3 N–H and O–H groups in total. The molecule has 0 bridgehead atoms. The van der Waals surface area contributed by atoms with Crippen LogP contribution in [-0.4, -0.2) is 23.9 Å². The van der Waals surface area contributed by atoms with Crippen LogP contribution in [0.2, 0.25) is 0 Å². The Kier molecular flexibility index (Phi) is 4.13. The van der Waals surface area contributed by atoms with Crippen LogP contribution in [-0.2, 0) is 0 Å². The van der Waals surface area contributed by atoms with E-state index in [2.05, 4.69) is 10.3 Å². The first-order valence-corrected chi connectivity index (χ1v) is 5.92. The van der Waals surface area contributed by atoms with Crippen molar-refractivity contribution < 1.29 is 18.7 Å². The number of amides is 2. The fraction of sp³-hybridized carbons (Fsp3) is 0.0714. The second-order valence-electron chi connectivity index (χ2n) is 4.08. The number of nitrogens with two attached hydrogens (primary N) is 1. The van der Waals surface area contributed by atoms with Crippen molar-refractivity contribution in [2.75, 3.05) is 12.4 Å². The summed E-state index contributed by atoms with van der Waals surface area (Å²) in [5, 5.41) is 2.46. The number of methoxy groups -OCH3 is 1. The van der Waals surface area contributed by atoms with Crippen molar-refractivity contribution in [3.05, 3.63) is 53.6 Å². The van der Waals surface area contributed by atoms with Crippen LogP contribution in [0.15, 0.2) is 36.5 Å². The minimum absolute atomic E-state index is 0.192. The first-order valence-electron chi connectivity index (χ1n) is 5.92. The number of carbonyl (C=O) groups excluding carboxylic acids is 2. The van der Waals surface area contributed by atoms with E-state index in [0.717, 1.165) is 0 Å². The molecule has 0 aliphatic carbocycles. The highest BCUT2D eigenvalue weighted by molar-refractivity contribution is 6.05. The molecule has 1 aromatic heterocycles. The Bertz CT molecular complexity index is 704. The lowest BCUT2D eigenvalue weighted by Gasteiger charge is -2.11. The number of halogens is 1. The van der Waals surface area contributed by atoms with E-state index in [9.17, 15) is 14.0 Å². The maximum absolute atomic E-state index is 13.5. The molecule has 7 heteroatoms. The first-order chi connectivity index (χ1) is 10.0. The zero-order chi connectivity index (χ0) is 15.4. The lowest BCUT2D eigenvalue weighted by molar-refractivity contribution is 0.0995. The molecule has 0 aliphatic heterocycles. The summed E-state index contributed by atoms with van der Waals surface area (Å²) in [6.07, 6.45) is 1.24. The number of primary amides is 1. The summed E-state index contributed by atoms with van der Waals surface area (Å²) in [5.74, 6) is -1.93. The number of rotatable bonds is 4. The number of hydrogen-bond acceptors (Lipinski definition) is 4. The average Bonchev–Trinajstić information content (AvgIpc) is 2.47. The van der Waals surface area contributed by atoms with Crippen LogP contribution in [0.4, 0.5) is 10.1 Å². The molecule has 21 heavy (non-hydrogen) atoms. The minimum Gasteiger partial charge on any atom is -0.495 e. The van der Waals surface area contributed by atoms with Gasteiger partial charge >= 0.3 is 0 Å². The van der Waals surface area contributed by atoms with Gasteiger partial charge in [0, 0.05) is 11.8 Å². The second kappa shape index (κ2) is 6.00. The Hall–Kier alpha value is -2.96. The van der Waals surface area contributed by atoms with Crippen LogP contribution in [0.1, 0.15) is 20.7 Å². The van der Waals surface area contributed by atoms with E-state index < -0.39 is 17.8 Å². The van der Waals surface area contributed by atoms with Gasteiger partial charge < -0.3 is 15.8 Å². The first kappa shape index (κ1) is 14.4. The predicted molar refractivity (Wildman–Crippen MR) is 73.7 cm³/mol. The number of benzene rings is 1. The fourth-order valence-corrected chi connectivity index (χ4v) is 1.70. The van der Waals surface area contributed by atoms with Gasteiger partial charge in [0.15, 0.2) is 0 Å². The highest BCUT2D eigenvalue weighted by Crippen LogP contribution is 2.26. The van der Waals surface area contributed by atoms with E-state index in [4.69, 9.17) is 10.5 Å². The van der Waals surface area contributed by atoms with Crippen molar-refractivity contribution in [2.45, 2.75) is 0 Å².